The zero-order valence-corrected chi connectivity index (χ0v) is 13.4. The van der Waals surface area contributed by atoms with E-state index in [4.69, 9.17) is 4.74 Å². The molecule has 8 heteroatoms. The zero-order chi connectivity index (χ0) is 15.3. The SMILES string of the molecule is CNCc1n[nH]c(C)c1S(=O)(=O)NCCOC1CCCC1. The summed E-state index contributed by atoms with van der Waals surface area (Å²) in [4.78, 5) is 0.234. The first-order valence-electron chi connectivity index (χ1n) is 7.34. The van der Waals surface area contributed by atoms with Crippen molar-refractivity contribution in [1.82, 2.24) is 20.2 Å². The van der Waals surface area contributed by atoms with Crippen molar-refractivity contribution in [2.24, 2.45) is 0 Å². The Bertz CT molecular complexity index is 550. The van der Waals surface area contributed by atoms with Gasteiger partial charge in [-0.25, -0.2) is 13.1 Å². The molecule has 120 valence electrons. The lowest BCUT2D eigenvalue weighted by Gasteiger charge is -2.12. The third kappa shape index (κ3) is 4.26. The van der Waals surface area contributed by atoms with Gasteiger partial charge in [0.1, 0.15) is 4.90 Å². The Morgan fingerprint density at radius 1 is 1.38 bits per heavy atom. The highest BCUT2D eigenvalue weighted by Crippen LogP contribution is 2.21. The van der Waals surface area contributed by atoms with E-state index in [9.17, 15) is 8.42 Å². The summed E-state index contributed by atoms with van der Waals surface area (Å²) in [7, 11) is -1.81. The van der Waals surface area contributed by atoms with E-state index in [0.29, 0.717) is 30.6 Å². The molecule has 0 amide bonds. The summed E-state index contributed by atoms with van der Waals surface area (Å²) in [6, 6.07) is 0. The maximum atomic E-state index is 12.4. The molecule has 0 unspecified atom stereocenters. The first kappa shape index (κ1) is 16.4. The predicted octanol–water partition coefficient (Wildman–Crippen LogP) is 0.675. The van der Waals surface area contributed by atoms with Crippen molar-refractivity contribution < 1.29 is 13.2 Å². The van der Waals surface area contributed by atoms with E-state index in [1.54, 1.807) is 14.0 Å². The van der Waals surface area contributed by atoms with Gasteiger partial charge in [-0.05, 0) is 26.8 Å². The topological polar surface area (TPSA) is 96.1 Å². The van der Waals surface area contributed by atoms with Gasteiger partial charge in [0.05, 0.1) is 24.1 Å². The number of rotatable bonds is 8. The molecule has 0 saturated heterocycles. The van der Waals surface area contributed by atoms with Crippen LogP contribution < -0.4 is 10.0 Å². The quantitative estimate of drug-likeness (QED) is 0.613. The molecule has 0 atom stereocenters. The highest BCUT2D eigenvalue weighted by Gasteiger charge is 2.23. The molecular weight excluding hydrogens is 292 g/mol. The summed E-state index contributed by atoms with van der Waals surface area (Å²) in [5, 5.41) is 9.66. The monoisotopic (exact) mass is 316 g/mol. The number of nitrogens with zero attached hydrogens (tertiary/aromatic N) is 1. The number of H-pyrrole nitrogens is 1. The Hall–Kier alpha value is -0.960. The molecule has 0 aromatic carbocycles. The van der Waals surface area contributed by atoms with Crippen molar-refractivity contribution in [2.45, 2.75) is 50.2 Å². The van der Waals surface area contributed by atoms with E-state index in [1.807, 2.05) is 0 Å². The number of aromatic nitrogens is 2. The number of hydrogen-bond acceptors (Lipinski definition) is 5. The van der Waals surface area contributed by atoms with Crippen LogP contribution in [0.1, 0.15) is 37.1 Å². The molecule has 1 heterocycles. The van der Waals surface area contributed by atoms with Gasteiger partial charge in [0.15, 0.2) is 0 Å². The summed E-state index contributed by atoms with van der Waals surface area (Å²) in [6.45, 7) is 2.79. The molecule has 1 fully saturated rings. The van der Waals surface area contributed by atoms with Crippen LogP contribution >= 0.6 is 0 Å². The highest BCUT2D eigenvalue weighted by molar-refractivity contribution is 7.89. The number of hydrogen-bond donors (Lipinski definition) is 3. The fourth-order valence-electron chi connectivity index (χ4n) is 2.64. The van der Waals surface area contributed by atoms with E-state index < -0.39 is 10.0 Å². The predicted molar refractivity (Wildman–Crippen MR) is 79.5 cm³/mol. The van der Waals surface area contributed by atoms with E-state index in [0.717, 1.165) is 12.8 Å². The second-order valence-corrected chi connectivity index (χ2v) is 7.03. The molecule has 1 saturated carbocycles. The van der Waals surface area contributed by atoms with Gasteiger partial charge in [-0.2, -0.15) is 5.10 Å². The van der Waals surface area contributed by atoms with E-state index >= 15 is 0 Å². The fourth-order valence-corrected chi connectivity index (χ4v) is 4.02. The number of aromatic amines is 1. The summed E-state index contributed by atoms with van der Waals surface area (Å²) >= 11 is 0. The van der Waals surface area contributed by atoms with E-state index in [2.05, 4.69) is 20.2 Å². The van der Waals surface area contributed by atoms with Gasteiger partial charge in [-0.15, -0.1) is 0 Å². The Balaban J connectivity index is 1.90. The molecule has 0 aliphatic heterocycles. The molecule has 7 nitrogen and oxygen atoms in total. The van der Waals surface area contributed by atoms with Crippen molar-refractivity contribution in [3.63, 3.8) is 0 Å². The summed E-state index contributed by atoms with van der Waals surface area (Å²) < 4.78 is 32.9. The van der Waals surface area contributed by atoms with Gasteiger partial charge in [-0.1, -0.05) is 12.8 Å². The molecule has 1 aromatic rings. The summed E-state index contributed by atoms with van der Waals surface area (Å²) in [6.07, 6.45) is 4.88. The van der Waals surface area contributed by atoms with E-state index in [1.165, 1.54) is 12.8 Å². The standard InChI is InChI=1S/C13H24N4O3S/c1-10-13(12(9-14-2)17-16-10)21(18,19)15-7-8-20-11-5-3-4-6-11/h11,14-15H,3-9H2,1-2H3,(H,16,17). The fraction of sp³-hybridized carbons (Fsp3) is 0.769. The third-order valence-electron chi connectivity index (χ3n) is 3.62. The first-order valence-corrected chi connectivity index (χ1v) is 8.82. The molecule has 0 bridgehead atoms. The van der Waals surface area contributed by atoms with Crippen LogP contribution in [0.15, 0.2) is 4.90 Å². The van der Waals surface area contributed by atoms with Crippen molar-refractivity contribution in [3.8, 4) is 0 Å². The number of sulfonamides is 1. The van der Waals surface area contributed by atoms with Crippen LogP contribution in [0, 0.1) is 6.92 Å². The molecule has 21 heavy (non-hydrogen) atoms. The van der Waals surface area contributed by atoms with Gasteiger partial charge in [0.25, 0.3) is 0 Å². The Labute approximate surface area is 125 Å². The van der Waals surface area contributed by atoms with Gasteiger partial charge >= 0.3 is 0 Å². The van der Waals surface area contributed by atoms with Crippen molar-refractivity contribution in [2.75, 3.05) is 20.2 Å². The van der Waals surface area contributed by atoms with Gasteiger partial charge < -0.3 is 10.1 Å². The molecule has 0 radical (unpaired) electrons. The highest BCUT2D eigenvalue weighted by atomic mass is 32.2. The minimum atomic E-state index is -3.56. The van der Waals surface area contributed by atoms with E-state index in [-0.39, 0.29) is 11.4 Å². The average molecular weight is 316 g/mol. The van der Waals surface area contributed by atoms with Crippen LogP contribution in [0.4, 0.5) is 0 Å². The number of aryl methyl sites for hydroxylation is 1. The molecule has 1 aliphatic carbocycles. The molecule has 1 aliphatic rings. The molecule has 1 aromatic heterocycles. The van der Waals surface area contributed by atoms with Crippen LogP contribution in [0.25, 0.3) is 0 Å². The second kappa shape index (κ2) is 7.35. The second-order valence-electron chi connectivity index (χ2n) is 5.33. The van der Waals surface area contributed by atoms with Crippen molar-refractivity contribution >= 4 is 10.0 Å². The minimum Gasteiger partial charge on any atom is -0.377 e. The Morgan fingerprint density at radius 3 is 2.76 bits per heavy atom. The lowest BCUT2D eigenvalue weighted by Crippen LogP contribution is -2.29. The van der Waals surface area contributed by atoms with Crippen LogP contribution in [0.2, 0.25) is 0 Å². The van der Waals surface area contributed by atoms with Gasteiger partial charge in [0.2, 0.25) is 10.0 Å². The normalized spacial score (nSPS) is 16.7. The lowest BCUT2D eigenvalue weighted by atomic mass is 10.3. The molecule has 2 rings (SSSR count). The molecular formula is C13H24N4O3S. The van der Waals surface area contributed by atoms with Crippen LogP contribution in [-0.4, -0.2) is 44.9 Å². The van der Waals surface area contributed by atoms with Crippen molar-refractivity contribution in [3.05, 3.63) is 11.4 Å². The van der Waals surface area contributed by atoms with Gasteiger partial charge in [-0.3, -0.25) is 5.10 Å². The van der Waals surface area contributed by atoms with Crippen LogP contribution in [-0.2, 0) is 21.3 Å². The number of ether oxygens (including phenoxy) is 1. The maximum absolute atomic E-state index is 12.4. The summed E-state index contributed by atoms with van der Waals surface area (Å²) in [5.74, 6) is 0. The molecule has 3 N–H and O–H groups in total. The minimum absolute atomic E-state index is 0.234. The lowest BCUT2D eigenvalue weighted by molar-refractivity contribution is 0.0626. The summed E-state index contributed by atoms with van der Waals surface area (Å²) in [5.41, 5.74) is 1.05. The van der Waals surface area contributed by atoms with Gasteiger partial charge in [0, 0.05) is 13.1 Å². The van der Waals surface area contributed by atoms with Crippen LogP contribution in [0.5, 0.6) is 0 Å². The Kier molecular flexibility index (Phi) is 5.74. The smallest absolute Gasteiger partial charge is 0.244 e. The maximum Gasteiger partial charge on any atom is 0.244 e. The largest absolute Gasteiger partial charge is 0.377 e. The average Bonchev–Trinajstić information content (AvgIpc) is 3.05. The number of nitrogens with one attached hydrogen (secondary N) is 3. The third-order valence-corrected chi connectivity index (χ3v) is 5.29. The first-order chi connectivity index (χ1) is 10.0. The zero-order valence-electron chi connectivity index (χ0n) is 12.6. The van der Waals surface area contributed by atoms with Crippen LogP contribution in [0.3, 0.4) is 0 Å². The van der Waals surface area contributed by atoms with Crippen molar-refractivity contribution in [1.29, 1.82) is 0 Å². The molecule has 0 spiro atoms. The Morgan fingerprint density at radius 2 is 2.10 bits per heavy atom.